The number of carbonyl (C=O) groups is 2. The van der Waals surface area contributed by atoms with Gasteiger partial charge in [-0.3, -0.25) is 9.59 Å². The summed E-state index contributed by atoms with van der Waals surface area (Å²) in [6.07, 6.45) is 2.13. The Bertz CT molecular complexity index is 1090. The Kier molecular flexibility index (Phi) is 11.0. The molecule has 0 unspecified atom stereocenters. The van der Waals surface area contributed by atoms with E-state index < -0.39 is 6.04 Å². The van der Waals surface area contributed by atoms with Crippen LogP contribution in [-0.4, -0.2) is 35.4 Å². The van der Waals surface area contributed by atoms with Crippen LogP contribution in [0.2, 0.25) is 0 Å². The van der Waals surface area contributed by atoms with E-state index in [2.05, 4.69) is 21.2 Å². The van der Waals surface area contributed by atoms with Gasteiger partial charge in [-0.05, 0) is 55.2 Å². The predicted octanol–water partition coefficient (Wildman–Crippen LogP) is 6.16. The van der Waals surface area contributed by atoms with Gasteiger partial charge in [0.2, 0.25) is 11.8 Å². The molecule has 1 N–H and O–H groups in total. The molecular formula is C30H35BrN2O3. The van der Waals surface area contributed by atoms with Gasteiger partial charge >= 0.3 is 0 Å². The maximum atomic E-state index is 13.6. The van der Waals surface area contributed by atoms with Crippen molar-refractivity contribution in [3.8, 4) is 5.75 Å². The number of nitrogens with zero attached hydrogens (tertiary/aromatic N) is 1. The van der Waals surface area contributed by atoms with Crippen LogP contribution in [0.4, 0.5) is 0 Å². The number of nitrogens with one attached hydrogen (secondary N) is 1. The quantitative estimate of drug-likeness (QED) is 0.259. The number of rotatable bonds is 13. The van der Waals surface area contributed by atoms with Crippen LogP contribution < -0.4 is 10.1 Å². The van der Waals surface area contributed by atoms with Crippen LogP contribution in [0.15, 0.2) is 89.4 Å². The van der Waals surface area contributed by atoms with E-state index in [-0.39, 0.29) is 17.9 Å². The summed E-state index contributed by atoms with van der Waals surface area (Å²) in [5, 5.41) is 3.10. The first-order valence-corrected chi connectivity index (χ1v) is 13.3. The Morgan fingerprint density at radius 1 is 0.944 bits per heavy atom. The third kappa shape index (κ3) is 8.83. The molecule has 36 heavy (non-hydrogen) atoms. The number of ether oxygens (including phenoxy) is 1. The van der Waals surface area contributed by atoms with Gasteiger partial charge in [0.1, 0.15) is 11.8 Å². The van der Waals surface area contributed by atoms with Crippen molar-refractivity contribution in [3.05, 3.63) is 101 Å². The molecule has 0 radical (unpaired) electrons. The monoisotopic (exact) mass is 550 g/mol. The summed E-state index contributed by atoms with van der Waals surface area (Å²) in [7, 11) is 0. The fraction of sp³-hybridized carbons (Fsp3) is 0.333. The number of hydrogen-bond donors (Lipinski definition) is 1. The molecule has 2 atom stereocenters. The molecule has 0 aromatic heterocycles. The lowest BCUT2D eigenvalue weighted by molar-refractivity contribution is -0.141. The molecule has 3 aromatic carbocycles. The molecule has 0 aliphatic rings. The Labute approximate surface area is 223 Å². The number of para-hydroxylation sites is 1. The van der Waals surface area contributed by atoms with Crippen molar-refractivity contribution in [2.45, 2.75) is 58.2 Å². The van der Waals surface area contributed by atoms with Crippen molar-refractivity contribution in [3.63, 3.8) is 0 Å². The van der Waals surface area contributed by atoms with Gasteiger partial charge in [-0.1, -0.05) is 83.5 Å². The second-order valence-corrected chi connectivity index (χ2v) is 9.86. The number of halogens is 1. The molecule has 5 nitrogen and oxygen atoms in total. The summed E-state index contributed by atoms with van der Waals surface area (Å²) in [6, 6.07) is 26.7. The molecule has 0 saturated heterocycles. The molecule has 0 heterocycles. The van der Waals surface area contributed by atoms with Crippen LogP contribution in [-0.2, 0) is 22.6 Å². The van der Waals surface area contributed by atoms with Gasteiger partial charge in [0.25, 0.3) is 0 Å². The van der Waals surface area contributed by atoms with Gasteiger partial charge in [0.15, 0.2) is 0 Å². The molecular weight excluding hydrogens is 516 g/mol. The first kappa shape index (κ1) is 27.5. The average molecular weight is 552 g/mol. The molecule has 0 bridgehead atoms. The summed E-state index contributed by atoms with van der Waals surface area (Å²) in [5.74, 6) is 0.592. The van der Waals surface area contributed by atoms with E-state index in [0.717, 1.165) is 27.8 Å². The third-order valence-corrected chi connectivity index (χ3v) is 6.55. The van der Waals surface area contributed by atoms with E-state index in [1.165, 1.54) is 0 Å². The van der Waals surface area contributed by atoms with Crippen molar-refractivity contribution in [1.82, 2.24) is 10.2 Å². The highest BCUT2D eigenvalue weighted by atomic mass is 79.9. The van der Waals surface area contributed by atoms with E-state index in [9.17, 15) is 9.59 Å². The minimum atomic E-state index is -0.622. The first-order chi connectivity index (χ1) is 17.5. The highest BCUT2D eigenvalue weighted by molar-refractivity contribution is 9.10. The Balaban J connectivity index is 1.80. The minimum Gasteiger partial charge on any atom is -0.494 e. The third-order valence-electron chi connectivity index (χ3n) is 6.06. The van der Waals surface area contributed by atoms with Crippen LogP contribution in [0.3, 0.4) is 0 Å². The van der Waals surface area contributed by atoms with Crippen LogP contribution in [0, 0.1) is 0 Å². The van der Waals surface area contributed by atoms with Crippen LogP contribution in [0.25, 0.3) is 0 Å². The maximum absolute atomic E-state index is 13.6. The van der Waals surface area contributed by atoms with E-state index in [0.29, 0.717) is 32.4 Å². The topological polar surface area (TPSA) is 58.6 Å². The number of benzene rings is 3. The minimum absolute atomic E-state index is 0.0258. The molecule has 0 aliphatic heterocycles. The molecule has 0 fully saturated rings. The van der Waals surface area contributed by atoms with Crippen LogP contribution in [0.1, 0.15) is 44.2 Å². The summed E-state index contributed by atoms with van der Waals surface area (Å²) in [5.41, 5.74) is 1.98. The first-order valence-electron chi connectivity index (χ1n) is 12.5. The van der Waals surface area contributed by atoms with Crippen molar-refractivity contribution in [1.29, 1.82) is 0 Å². The Morgan fingerprint density at radius 3 is 2.28 bits per heavy atom. The van der Waals surface area contributed by atoms with E-state index >= 15 is 0 Å². The summed E-state index contributed by atoms with van der Waals surface area (Å²) < 4.78 is 6.72. The molecule has 3 rings (SSSR count). The van der Waals surface area contributed by atoms with Crippen LogP contribution in [0.5, 0.6) is 5.75 Å². The molecule has 3 aromatic rings. The maximum Gasteiger partial charge on any atom is 0.243 e. The largest absolute Gasteiger partial charge is 0.494 e. The van der Waals surface area contributed by atoms with Crippen molar-refractivity contribution >= 4 is 27.7 Å². The van der Waals surface area contributed by atoms with Crippen molar-refractivity contribution in [2.24, 2.45) is 0 Å². The average Bonchev–Trinajstić information content (AvgIpc) is 2.89. The predicted molar refractivity (Wildman–Crippen MR) is 148 cm³/mol. The normalized spacial score (nSPS) is 12.4. The van der Waals surface area contributed by atoms with Gasteiger partial charge in [-0.15, -0.1) is 0 Å². The molecule has 0 aliphatic carbocycles. The lowest BCUT2D eigenvalue weighted by Crippen LogP contribution is -2.52. The highest BCUT2D eigenvalue weighted by Crippen LogP contribution is 2.19. The van der Waals surface area contributed by atoms with Gasteiger partial charge in [-0.25, -0.2) is 0 Å². The lowest BCUT2D eigenvalue weighted by atomic mass is 10.0. The fourth-order valence-corrected chi connectivity index (χ4v) is 4.35. The summed E-state index contributed by atoms with van der Waals surface area (Å²) >= 11 is 3.53. The van der Waals surface area contributed by atoms with Gasteiger partial charge < -0.3 is 15.0 Å². The number of carbonyl (C=O) groups excluding carboxylic acids is 2. The second kappa shape index (κ2) is 14.4. The SMILES string of the molecule is CC[C@@H](C)NC(=O)[C@@H](Cc1ccccc1)N(Cc1cccc(Br)c1)C(=O)CCCOc1ccccc1. The Hall–Kier alpha value is -3.12. The molecule has 0 saturated carbocycles. The van der Waals surface area contributed by atoms with E-state index in [4.69, 9.17) is 4.74 Å². The van der Waals surface area contributed by atoms with Crippen molar-refractivity contribution in [2.75, 3.05) is 6.61 Å². The fourth-order valence-electron chi connectivity index (χ4n) is 3.90. The van der Waals surface area contributed by atoms with Gasteiger partial charge in [0.05, 0.1) is 6.61 Å². The standard InChI is InChI=1S/C30H35BrN2O3/c1-3-23(2)32-30(35)28(21-24-12-6-4-7-13-24)33(22-25-14-10-15-26(31)20-25)29(34)18-11-19-36-27-16-8-5-9-17-27/h4-10,12-17,20,23,28H,3,11,18-19,21-22H2,1-2H3,(H,32,35)/t23-,28-/m1/s1. The van der Waals surface area contributed by atoms with Crippen molar-refractivity contribution < 1.29 is 14.3 Å². The zero-order valence-corrected chi connectivity index (χ0v) is 22.6. The highest BCUT2D eigenvalue weighted by Gasteiger charge is 2.30. The molecule has 0 spiro atoms. The van der Waals surface area contributed by atoms with E-state index in [1.807, 2.05) is 98.8 Å². The molecule has 190 valence electrons. The zero-order chi connectivity index (χ0) is 25.8. The number of hydrogen-bond acceptors (Lipinski definition) is 3. The van der Waals surface area contributed by atoms with Crippen LogP contribution >= 0.6 is 15.9 Å². The molecule has 2 amide bonds. The molecule has 6 heteroatoms. The second-order valence-electron chi connectivity index (χ2n) is 8.94. The van der Waals surface area contributed by atoms with Gasteiger partial charge in [0, 0.05) is 29.9 Å². The number of amides is 2. The van der Waals surface area contributed by atoms with E-state index in [1.54, 1.807) is 4.90 Å². The zero-order valence-electron chi connectivity index (χ0n) is 21.0. The summed E-state index contributed by atoms with van der Waals surface area (Å²) in [6.45, 7) is 4.80. The van der Waals surface area contributed by atoms with Gasteiger partial charge in [-0.2, -0.15) is 0 Å². The summed E-state index contributed by atoms with van der Waals surface area (Å²) in [4.78, 5) is 28.8. The Morgan fingerprint density at radius 2 is 1.61 bits per heavy atom. The lowest BCUT2D eigenvalue weighted by Gasteiger charge is -2.32. The smallest absolute Gasteiger partial charge is 0.243 e.